The number of pyridine rings is 1. The number of aromatic nitrogens is 2. The Morgan fingerprint density at radius 3 is 2.91 bits per heavy atom. The Balaban J connectivity index is 1.64. The maximum atomic E-state index is 12.1. The van der Waals surface area contributed by atoms with Gasteiger partial charge in [0.15, 0.2) is 0 Å². The topological polar surface area (TPSA) is 46.4 Å². The summed E-state index contributed by atoms with van der Waals surface area (Å²) in [5.41, 5.74) is 4.18. The lowest BCUT2D eigenvalue weighted by Crippen LogP contribution is -2.10. The second kappa shape index (κ2) is 5.70. The zero-order chi connectivity index (χ0) is 15.6. The monoisotopic (exact) mass is 319 g/mol. The first-order valence-corrected chi connectivity index (χ1v) is 8.11. The van der Waals surface area contributed by atoms with E-state index in [1.807, 2.05) is 76.1 Å². The lowest BCUT2D eigenvalue weighted by molar-refractivity contribution is 0.102. The van der Waals surface area contributed by atoms with Crippen LogP contribution in [-0.4, -0.2) is 15.3 Å². The Morgan fingerprint density at radius 1 is 1.13 bits per heavy atom. The molecule has 0 atom stereocenters. The van der Waals surface area contributed by atoms with Crippen molar-refractivity contribution >= 4 is 28.6 Å². The number of amides is 1. The predicted octanol–water partition coefficient (Wildman–Crippen LogP) is 4.32. The van der Waals surface area contributed by atoms with Crippen LogP contribution >= 0.6 is 11.3 Å². The fraction of sp³-hybridized carbons (Fsp3) is 0. The van der Waals surface area contributed by atoms with Gasteiger partial charge >= 0.3 is 0 Å². The average Bonchev–Trinajstić information content (AvgIpc) is 3.24. The van der Waals surface area contributed by atoms with Gasteiger partial charge in [0.1, 0.15) is 5.65 Å². The fourth-order valence-corrected chi connectivity index (χ4v) is 3.06. The molecule has 0 spiro atoms. The van der Waals surface area contributed by atoms with Gasteiger partial charge < -0.3 is 9.72 Å². The zero-order valence-electron chi connectivity index (χ0n) is 12.1. The number of carbonyl (C=O) groups excluding carboxylic acids is 1. The van der Waals surface area contributed by atoms with E-state index in [2.05, 4.69) is 10.3 Å². The van der Waals surface area contributed by atoms with E-state index < -0.39 is 0 Å². The minimum Gasteiger partial charge on any atom is -0.322 e. The van der Waals surface area contributed by atoms with Gasteiger partial charge in [-0.1, -0.05) is 18.2 Å². The largest absolute Gasteiger partial charge is 0.322 e. The summed E-state index contributed by atoms with van der Waals surface area (Å²) in [4.78, 5) is 16.7. The van der Waals surface area contributed by atoms with Crippen molar-refractivity contribution in [1.29, 1.82) is 0 Å². The van der Waals surface area contributed by atoms with Gasteiger partial charge in [-0.2, -0.15) is 11.3 Å². The van der Waals surface area contributed by atoms with Crippen molar-refractivity contribution in [1.82, 2.24) is 9.38 Å². The van der Waals surface area contributed by atoms with Crippen molar-refractivity contribution in [3.63, 3.8) is 0 Å². The number of benzene rings is 1. The summed E-state index contributed by atoms with van der Waals surface area (Å²) < 4.78 is 1.98. The van der Waals surface area contributed by atoms with Gasteiger partial charge in [-0.05, 0) is 35.7 Å². The highest BCUT2D eigenvalue weighted by atomic mass is 32.1. The van der Waals surface area contributed by atoms with Crippen LogP contribution in [0.1, 0.15) is 10.4 Å². The summed E-state index contributed by atoms with van der Waals surface area (Å²) in [5, 5.41) is 6.65. The van der Waals surface area contributed by atoms with Crippen LogP contribution in [0.15, 0.2) is 71.7 Å². The third-order valence-electron chi connectivity index (χ3n) is 3.56. The number of imidazole rings is 1. The highest BCUT2D eigenvalue weighted by Crippen LogP contribution is 2.23. The van der Waals surface area contributed by atoms with Crippen LogP contribution in [0.4, 0.5) is 5.69 Å². The summed E-state index contributed by atoms with van der Waals surface area (Å²) in [6, 6.07) is 15.4. The molecule has 0 fully saturated rings. The SMILES string of the molecule is O=C(Nc1cccc(-c2cn3ccccc3n2)c1)c1ccsc1. The number of fused-ring (bicyclic) bond motifs is 1. The molecule has 1 aromatic carbocycles. The van der Waals surface area contributed by atoms with Crippen LogP contribution in [0.25, 0.3) is 16.9 Å². The van der Waals surface area contributed by atoms with Gasteiger partial charge in [0.2, 0.25) is 0 Å². The van der Waals surface area contributed by atoms with Crippen LogP contribution in [0.3, 0.4) is 0 Å². The van der Waals surface area contributed by atoms with E-state index in [0.29, 0.717) is 5.56 Å². The number of nitrogens with zero attached hydrogens (tertiary/aromatic N) is 2. The maximum Gasteiger partial charge on any atom is 0.256 e. The van der Waals surface area contributed by atoms with Gasteiger partial charge in [-0.3, -0.25) is 4.79 Å². The van der Waals surface area contributed by atoms with E-state index in [-0.39, 0.29) is 5.91 Å². The summed E-state index contributed by atoms with van der Waals surface area (Å²) in [6.45, 7) is 0. The molecule has 0 aliphatic carbocycles. The molecule has 1 N–H and O–H groups in total. The van der Waals surface area contributed by atoms with E-state index in [0.717, 1.165) is 22.6 Å². The molecule has 0 saturated carbocycles. The maximum absolute atomic E-state index is 12.1. The molecule has 3 aromatic heterocycles. The summed E-state index contributed by atoms with van der Waals surface area (Å²) >= 11 is 1.51. The third kappa shape index (κ3) is 2.74. The van der Waals surface area contributed by atoms with Crippen LogP contribution in [0.2, 0.25) is 0 Å². The van der Waals surface area contributed by atoms with Gasteiger partial charge in [-0.25, -0.2) is 4.98 Å². The highest BCUT2D eigenvalue weighted by molar-refractivity contribution is 7.08. The molecule has 4 nitrogen and oxygen atoms in total. The first-order chi connectivity index (χ1) is 11.3. The number of hydrogen-bond acceptors (Lipinski definition) is 3. The molecule has 0 bridgehead atoms. The molecule has 4 rings (SSSR count). The van der Waals surface area contributed by atoms with Crippen LogP contribution in [0, 0.1) is 0 Å². The molecule has 5 heteroatoms. The fourth-order valence-electron chi connectivity index (χ4n) is 2.43. The van der Waals surface area contributed by atoms with E-state index in [9.17, 15) is 4.79 Å². The van der Waals surface area contributed by atoms with Crippen molar-refractivity contribution in [2.75, 3.05) is 5.32 Å². The first kappa shape index (κ1) is 13.7. The van der Waals surface area contributed by atoms with E-state index in [4.69, 9.17) is 0 Å². The molecule has 112 valence electrons. The Morgan fingerprint density at radius 2 is 2.09 bits per heavy atom. The van der Waals surface area contributed by atoms with Gasteiger partial charge in [0.25, 0.3) is 5.91 Å². The van der Waals surface area contributed by atoms with Crippen LogP contribution in [0.5, 0.6) is 0 Å². The molecular formula is C18H13N3OS. The van der Waals surface area contributed by atoms with Crippen LogP contribution < -0.4 is 5.32 Å². The normalized spacial score (nSPS) is 10.8. The number of rotatable bonds is 3. The van der Waals surface area contributed by atoms with Crippen molar-refractivity contribution in [2.45, 2.75) is 0 Å². The van der Waals surface area contributed by atoms with Gasteiger partial charge in [0.05, 0.1) is 11.3 Å². The van der Waals surface area contributed by atoms with Crippen molar-refractivity contribution in [3.8, 4) is 11.3 Å². The number of anilines is 1. The lowest BCUT2D eigenvalue weighted by Gasteiger charge is -2.05. The van der Waals surface area contributed by atoms with Crippen molar-refractivity contribution < 1.29 is 4.79 Å². The smallest absolute Gasteiger partial charge is 0.256 e. The molecular weight excluding hydrogens is 306 g/mol. The number of nitrogens with one attached hydrogen (secondary N) is 1. The molecule has 0 aliphatic rings. The van der Waals surface area contributed by atoms with E-state index in [1.165, 1.54) is 11.3 Å². The number of hydrogen-bond donors (Lipinski definition) is 1. The zero-order valence-corrected chi connectivity index (χ0v) is 13.0. The van der Waals surface area contributed by atoms with Crippen molar-refractivity contribution in [2.24, 2.45) is 0 Å². The number of thiophene rings is 1. The minimum atomic E-state index is -0.0987. The van der Waals surface area contributed by atoms with Gasteiger partial charge in [-0.15, -0.1) is 0 Å². The molecule has 1 amide bonds. The van der Waals surface area contributed by atoms with Crippen molar-refractivity contribution in [3.05, 3.63) is 77.2 Å². The molecule has 0 saturated heterocycles. The minimum absolute atomic E-state index is 0.0987. The quantitative estimate of drug-likeness (QED) is 0.611. The second-order valence-electron chi connectivity index (χ2n) is 5.14. The molecule has 4 aromatic rings. The Hall–Kier alpha value is -2.92. The molecule has 0 unspecified atom stereocenters. The highest BCUT2D eigenvalue weighted by Gasteiger charge is 2.08. The second-order valence-corrected chi connectivity index (χ2v) is 5.92. The van der Waals surface area contributed by atoms with Crippen LogP contribution in [-0.2, 0) is 0 Å². The first-order valence-electron chi connectivity index (χ1n) is 7.17. The van der Waals surface area contributed by atoms with Gasteiger partial charge in [0, 0.05) is 29.0 Å². The van der Waals surface area contributed by atoms with E-state index in [1.54, 1.807) is 0 Å². The molecule has 23 heavy (non-hydrogen) atoms. The molecule has 0 radical (unpaired) electrons. The summed E-state index contributed by atoms with van der Waals surface area (Å²) in [7, 11) is 0. The Kier molecular flexibility index (Phi) is 3.40. The van der Waals surface area contributed by atoms with E-state index >= 15 is 0 Å². The molecule has 3 heterocycles. The third-order valence-corrected chi connectivity index (χ3v) is 4.25. The summed E-state index contributed by atoms with van der Waals surface area (Å²) in [6.07, 6.45) is 3.95. The Labute approximate surface area is 137 Å². The lowest BCUT2D eigenvalue weighted by atomic mass is 10.1. The standard InChI is InChI=1S/C18H13N3OS/c22-18(14-7-9-23-12-14)19-15-5-3-4-13(10-15)16-11-21-8-2-1-6-17(21)20-16/h1-12H,(H,19,22). The average molecular weight is 319 g/mol. The molecule has 0 aliphatic heterocycles. The number of carbonyl (C=O) groups is 1. The Bertz CT molecular complexity index is 940. The summed E-state index contributed by atoms with van der Waals surface area (Å²) in [5.74, 6) is -0.0987. The predicted molar refractivity (Wildman–Crippen MR) is 92.9 cm³/mol.